The molecule has 1 aliphatic heterocycles. The van der Waals surface area contributed by atoms with Crippen LogP contribution in [-0.2, 0) is 0 Å². The summed E-state index contributed by atoms with van der Waals surface area (Å²) in [6.45, 7) is 7.34. The minimum Gasteiger partial charge on any atom is -0.493 e. The molecule has 0 spiro atoms. The van der Waals surface area contributed by atoms with Crippen molar-refractivity contribution in [3.8, 4) is 5.75 Å². The molecule has 3 heteroatoms. The van der Waals surface area contributed by atoms with Crippen molar-refractivity contribution in [1.29, 1.82) is 0 Å². The average Bonchev–Trinajstić information content (AvgIpc) is 2.39. The van der Waals surface area contributed by atoms with Crippen molar-refractivity contribution in [2.45, 2.75) is 19.3 Å². The van der Waals surface area contributed by atoms with Crippen molar-refractivity contribution in [3.05, 3.63) is 29.8 Å². The molecule has 1 unspecified atom stereocenters. The van der Waals surface area contributed by atoms with Crippen molar-refractivity contribution >= 4 is 0 Å². The van der Waals surface area contributed by atoms with E-state index >= 15 is 0 Å². The first-order valence-electron chi connectivity index (χ1n) is 6.92. The third kappa shape index (κ3) is 3.47. The molecular weight excluding hydrogens is 224 g/mol. The number of nitrogens with zero attached hydrogens (tertiary/aromatic N) is 1. The second kappa shape index (κ2) is 6.76. The molecule has 2 rings (SSSR count). The van der Waals surface area contributed by atoms with E-state index in [1.54, 1.807) is 0 Å². The quantitative estimate of drug-likeness (QED) is 0.780. The van der Waals surface area contributed by atoms with Gasteiger partial charge in [-0.05, 0) is 31.6 Å². The third-order valence-electron chi connectivity index (χ3n) is 3.54. The standard InChI is InChI=1S/C15H24N2O/c1-3-16-9-10-17(2)12-13-8-11-18-15-7-5-4-6-14(13)15/h4-7,13,16H,3,8-12H2,1-2H3. The lowest BCUT2D eigenvalue weighted by molar-refractivity contribution is 0.232. The van der Waals surface area contributed by atoms with E-state index in [-0.39, 0.29) is 0 Å². The van der Waals surface area contributed by atoms with Crippen LogP contribution < -0.4 is 10.1 Å². The monoisotopic (exact) mass is 248 g/mol. The Bertz CT molecular complexity index is 367. The summed E-state index contributed by atoms with van der Waals surface area (Å²) < 4.78 is 5.70. The van der Waals surface area contributed by atoms with Gasteiger partial charge in [0.15, 0.2) is 0 Å². The fourth-order valence-electron chi connectivity index (χ4n) is 2.52. The van der Waals surface area contributed by atoms with Crippen LogP contribution in [0.2, 0.25) is 0 Å². The van der Waals surface area contributed by atoms with Crippen LogP contribution in [0.15, 0.2) is 24.3 Å². The number of hydrogen-bond donors (Lipinski definition) is 1. The van der Waals surface area contributed by atoms with Crippen molar-refractivity contribution in [2.75, 3.05) is 39.8 Å². The van der Waals surface area contributed by atoms with Gasteiger partial charge in [-0.15, -0.1) is 0 Å². The molecule has 0 radical (unpaired) electrons. The van der Waals surface area contributed by atoms with E-state index in [4.69, 9.17) is 4.74 Å². The van der Waals surface area contributed by atoms with E-state index in [2.05, 4.69) is 48.5 Å². The Hall–Kier alpha value is -1.06. The number of rotatable bonds is 6. The van der Waals surface area contributed by atoms with Crippen molar-refractivity contribution in [3.63, 3.8) is 0 Å². The van der Waals surface area contributed by atoms with Crippen LogP contribution in [-0.4, -0.2) is 44.7 Å². The van der Waals surface area contributed by atoms with Gasteiger partial charge in [0.2, 0.25) is 0 Å². The lowest BCUT2D eigenvalue weighted by Crippen LogP contribution is -2.33. The van der Waals surface area contributed by atoms with Gasteiger partial charge < -0.3 is 15.0 Å². The molecule has 0 saturated heterocycles. The molecule has 3 nitrogen and oxygen atoms in total. The first-order chi connectivity index (χ1) is 8.81. The molecule has 0 bridgehead atoms. The van der Waals surface area contributed by atoms with E-state index < -0.39 is 0 Å². The van der Waals surface area contributed by atoms with Crippen molar-refractivity contribution in [2.24, 2.45) is 0 Å². The van der Waals surface area contributed by atoms with E-state index in [1.807, 2.05) is 0 Å². The molecule has 0 aromatic heterocycles. The van der Waals surface area contributed by atoms with Gasteiger partial charge in [-0.2, -0.15) is 0 Å². The third-order valence-corrected chi connectivity index (χ3v) is 3.54. The molecule has 0 aliphatic carbocycles. The zero-order valence-electron chi connectivity index (χ0n) is 11.5. The first kappa shape index (κ1) is 13.4. The zero-order valence-corrected chi connectivity index (χ0v) is 11.5. The maximum Gasteiger partial charge on any atom is 0.122 e. The summed E-state index contributed by atoms with van der Waals surface area (Å²) in [5.74, 6) is 1.69. The van der Waals surface area contributed by atoms with E-state index in [0.29, 0.717) is 5.92 Å². The van der Waals surface area contributed by atoms with Gasteiger partial charge in [0, 0.05) is 25.6 Å². The fourth-order valence-corrected chi connectivity index (χ4v) is 2.52. The van der Waals surface area contributed by atoms with Crippen LogP contribution in [0.3, 0.4) is 0 Å². The van der Waals surface area contributed by atoms with Gasteiger partial charge in [0.1, 0.15) is 5.75 Å². The van der Waals surface area contributed by atoms with Crippen LogP contribution >= 0.6 is 0 Å². The smallest absolute Gasteiger partial charge is 0.122 e. The molecule has 1 aromatic carbocycles. The molecule has 1 heterocycles. The summed E-state index contributed by atoms with van der Waals surface area (Å²) >= 11 is 0. The summed E-state index contributed by atoms with van der Waals surface area (Å²) in [7, 11) is 2.20. The van der Waals surface area contributed by atoms with Gasteiger partial charge in [-0.1, -0.05) is 25.1 Å². The largest absolute Gasteiger partial charge is 0.493 e. The summed E-state index contributed by atoms with van der Waals surface area (Å²) in [6.07, 6.45) is 1.13. The minimum atomic E-state index is 0.613. The number of fused-ring (bicyclic) bond motifs is 1. The van der Waals surface area contributed by atoms with Crippen LogP contribution in [0.4, 0.5) is 0 Å². The minimum absolute atomic E-state index is 0.613. The number of likely N-dealkylation sites (N-methyl/N-ethyl adjacent to an activating group) is 2. The number of para-hydroxylation sites is 1. The number of ether oxygens (including phenoxy) is 1. The van der Waals surface area contributed by atoms with Crippen LogP contribution in [0.1, 0.15) is 24.8 Å². The van der Waals surface area contributed by atoms with Crippen LogP contribution in [0.25, 0.3) is 0 Å². The Labute approximate surface area is 110 Å². The molecule has 1 aliphatic rings. The molecule has 0 saturated carbocycles. The summed E-state index contributed by atoms with van der Waals surface area (Å²) in [6, 6.07) is 8.45. The van der Waals surface area contributed by atoms with E-state index in [1.165, 1.54) is 5.56 Å². The summed E-state index contributed by atoms with van der Waals surface area (Å²) in [5, 5.41) is 3.37. The molecule has 1 N–H and O–H groups in total. The fraction of sp³-hybridized carbons (Fsp3) is 0.600. The second-order valence-corrected chi connectivity index (χ2v) is 4.99. The molecule has 1 aromatic rings. The highest BCUT2D eigenvalue weighted by molar-refractivity contribution is 5.37. The van der Waals surface area contributed by atoms with Gasteiger partial charge in [0.25, 0.3) is 0 Å². The number of nitrogens with one attached hydrogen (secondary N) is 1. The summed E-state index contributed by atoms with van der Waals surface area (Å²) in [5.41, 5.74) is 1.37. The highest BCUT2D eigenvalue weighted by Crippen LogP contribution is 2.33. The van der Waals surface area contributed by atoms with Gasteiger partial charge in [0.05, 0.1) is 6.61 Å². The Morgan fingerprint density at radius 3 is 3.06 bits per heavy atom. The molecule has 100 valence electrons. The number of hydrogen-bond acceptors (Lipinski definition) is 3. The van der Waals surface area contributed by atoms with E-state index in [0.717, 1.165) is 45.0 Å². The molecule has 1 atom stereocenters. The molecule has 18 heavy (non-hydrogen) atoms. The average molecular weight is 248 g/mol. The van der Waals surface area contributed by atoms with Gasteiger partial charge >= 0.3 is 0 Å². The predicted octanol–water partition coefficient (Wildman–Crippen LogP) is 2.09. The van der Waals surface area contributed by atoms with Gasteiger partial charge in [-0.25, -0.2) is 0 Å². The lowest BCUT2D eigenvalue weighted by Gasteiger charge is -2.29. The highest BCUT2D eigenvalue weighted by atomic mass is 16.5. The Morgan fingerprint density at radius 1 is 1.39 bits per heavy atom. The lowest BCUT2D eigenvalue weighted by atomic mass is 9.93. The number of benzene rings is 1. The Balaban J connectivity index is 1.90. The van der Waals surface area contributed by atoms with Crippen molar-refractivity contribution < 1.29 is 4.74 Å². The topological polar surface area (TPSA) is 24.5 Å². The molecular formula is C15H24N2O. The van der Waals surface area contributed by atoms with E-state index in [9.17, 15) is 0 Å². The predicted molar refractivity (Wildman–Crippen MR) is 75.3 cm³/mol. The van der Waals surface area contributed by atoms with Crippen LogP contribution in [0, 0.1) is 0 Å². The first-order valence-corrected chi connectivity index (χ1v) is 6.92. The Kier molecular flexibility index (Phi) is 5.02. The molecule has 0 fully saturated rings. The Morgan fingerprint density at radius 2 is 2.22 bits per heavy atom. The highest BCUT2D eigenvalue weighted by Gasteiger charge is 2.21. The van der Waals surface area contributed by atoms with Crippen LogP contribution in [0.5, 0.6) is 5.75 Å². The maximum atomic E-state index is 5.70. The maximum absolute atomic E-state index is 5.70. The molecule has 0 amide bonds. The van der Waals surface area contributed by atoms with Crippen molar-refractivity contribution in [1.82, 2.24) is 10.2 Å². The van der Waals surface area contributed by atoms with Gasteiger partial charge in [-0.3, -0.25) is 0 Å². The normalized spacial score (nSPS) is 18.5. The SMILES string of the molecule is CCNCCN(C)CC1CCOc2ccccc21. The summed E-state index contributed by atoms with van der Waals surface area (Å²) in [4.78, 5) is 2.41. The zero-order chi connectivity index (χ0) is 12.8. The second-order valence-electron chi connectivity index (χ2n) is 4.99.